The molecule has 2 heterocycles. The molecule has 1 amide bonds. The summed E-state index contributed by atoms with van der Waals surface area (Å²) in [6.07, 6.45) is 6.42. The predicted molar refractivity (Wildman–Crippen MR) is 97.9 cm³/mol. The number of aromatic nitrogens is 2. The Morgan fingerprint density at radius 1 is 1.00 bits per heavy atom. The molecule has 6 nitrogen and oxygen atoms in total. The number of amides is 1. The van der Waals surface area contributed by atoms with Crippen LogP contribution in [0.15, 0.2) is 79.4 Å². The Morgan fingerprint density at radius 3 is 2.04 bits per heavy atom. The lowest BCUT2D eigenvalue weighted by atomic mass is 9.78. The van der Waals surface area contributed by atoms with E-state index in [1.54, 1.807) is 49.1 Å². The topological polar surface area (TPSA) is 101 Å². The zero-order valence-electron chi connectivity index (χ0n) is 14.1. The number of hydrogen-bond acceptors (Lipinski definition) is 5. The Kier molecular flexibility index (Phi) is 5.36. The Balaban J connectivity index is 2.21. The minimum atomic E-state index is -1.57. The molecule has 1 atom stereocenters. The third-order valence-corrected chi connectivity index (χ3v) is 4.24. The highest BCUT2D eigenvalue weighted by Gasteiger charge is 2.42. The second-order valence-corrected chi connectivity index (χ2v) is 5.87. The van der Waals surface area contributed by atoms with E-state index in [1.807, 2.05) is 30.3 Å². The summed E-state index contributed by atoms with van der Waals surface area (Å²) in [5.41, 5.74) is 5.75. The van der Waals surface area contributed by atoms with Gasteiger partial charge in [-0.15, -0.1) is 0 Å². The third-order valence-electron chi connectivity index (χ3n) is 4.24. The normalized spacial score (nSPS) is 12.4. The first-order valence-corrected chi connectivity index (χ1v) is 8.24. The minimum absolute atomic E-state index is 0.181. The van der Waals surface area contributed by atoms with Crippen LogP contribution in [-0.4, -0.2) is 27.5 Å². The highest BCUT2D eigenvalue weighted by molar-refractivity contribution is 5.78. The van der Waals surface area contributed by atoms with Crippen LogP contribution in [0, 0.1) is 0 Å². The number of aliphatic hydroxyl groups is 1. The van der Waals surface area contributed by atoms with E-state index in [0.29, 0.717) is 11.1 Å². The summed E-state index contributed by atoms with van der Waals surface area (Å²) in [7, 11) is 0. The predicted octanol–water partition coefficient (Wildman–Crippen LogP) is 1.53. The number of nitrogens with two attached hydrogens (primary N) is 1. The third kappa shape index (κ3) is 3.46. The first-order valence-electron chi connectivity index (χ1n) is 8.24. The molecule has 4 N–H and O–H groups in total. The van der Waals surface area contributed by atoms with Gasteiger partial charge in [-0.2, -0.15) is 0 Å². The van der Waals surface area contributed by atoms with Crippen LogP contribution in [0.4, 0.5) is 0 Å². The van der Waals surface area contributed by atoms with Crippen LogP contribution in [0.1, 0.15) is 22.7 Å². The van der Waals surface area contributed by atoms with Crippen molar-refractivity contribution in [3.8, 4) is 0 Å². The molecule has 1 unspecified atom stereocenters. The Bertz CT molecular complexity index is 802. The SMILES string of the molecule is NCC(=O)NC(c1ccccc1)C(O)(c1cccnc1)c1cccnc1. The van der Waals surface area contributed by atoms with Crippen LogP contribution in [0.3, 0.4) is 0 Å². The van der Waals surface area contributed by atoms with Crippen molar-refractivity contribution in [1.82, 2.24) is 15.3 Å². The molecule has 0 bridgehead atoms. The fourth-order valence-corrected chi connectivity index (χ4v) is 2.97. The molecular weight excluding hydrogens is 328 g/mol. The van der Waals surface area contributed by atoms with E-state index in [4.69, 9.17) is 5.73 Å². The van der Waals surface area contributed by atoms with Gasteiger partial charge in [0.05, 0.1) is 12.6 Å². The number of hydrogen-bond donors (Lipinski definition) is 3. The lowest BCUT2D eigenvalue weighted by molar-refractivity contribution is -0.122. The monoisotopic (exact) mass is 348 g/mol. The van der Waals surface area contributed by atoms with Crippen molar-refractivity contribution in [2.24, 2.45) is 5.73 Å². The molecule has 3 rings (SSSR count). The summed E-state index contributed by atoms with van der Waals surface area (Å²) in [5.74, 6) is -0.370. The van der Waals surface area contributed by atoms with Crippen LogP contribution >= 0.6 is 0 Å². The van der Waals surface area contributed by atoms with Gasteiger partial charge in [-0.05, 0) is 17.7 Å². The average molecular weight is 348 g/mol. The number of pyridine rings is 2. The van der Waals surface area contributed by atoms with E-state index in [9.17, 15) is 9.90 Å². The van der Waals surface area contributed by atoms with Gasteiger partial charge in [-0.3, -0.25) is 14.8 Å². The van der Waals surface area contributed by atoms with E-state index in [0.717, 1.165) is 5.56 Å². The van der Waals surface area contributed by atoms with E-state index in [-0.39, 0.29) is 12.5 Å². The second-order valence-electron chi connectivity index (χ2n) is 5.87. The highest BCUT2D eigenvalue weighted by atomic mass is 16.3. The molecule has 0 aliphatic heterocycles. The van der Waals surface area contributed by atoms with Gasteiger partial charge in [0, 0.05) is 35.9 Å². The minimum Gasteiger partial charge on any atom is -0.378 e. The molecule has 132 valence electrons. The Labute approximate surface area is 151 Å². The summed E-state index contributed by atoms with van der Waals surface area (Å²) in [6, 6.07) is 15.5. The van der Waals surface area contributed by atoms with Crippen LogP contribution in [0.25, 0.3) is 0 Å². The highest BCUT2D eigenvalue weighted by Crippen LogP contribution is 2.40. The molecular formula is C20H20N4O2. The molecule has 0 radical (unpaired) electrons. The molecule has 26 heavy (non-hydrogen) atoms. The largest absolute Gasteiger partial charge is 0.378 e. The summed E-state index contributed by atoms with van der Waals surface area (Å²) in [6.45, 7) is -0.181. The lowest BCUT2D eigenvalue weighted by Crippen LogP contribution is -2.46. The zero-order chi connectivity index (χ0) is 18.4. The van der Waals surface area contributed by atoms with Crippen LogP contribution in [0.2, 0.25) is 0 Å². The first-order chi connectivity index (χ1) is 12.7. The van der Waals surface area contributed by atoms with Crippen molar-refractivity contribution in [3.05, 3.63) is 96.1 Å². The number of carbonyl (C=O) groups excluding carboxylic acids is 1. The Morgan fingerprint density at radius 2 is 1.58 bits per heavy atom. The molecule has 6 heteroatoms. The summed E-state index contributed by atoms with van der Waals surface area (Å²) in [5, 5.41) is 14.7. The van der Waals surface area contributed by atoms with E-state index >= 15 is 0 Å². The quantitative estimate of drug-likeness (QED) is 0.627. The van der Waals surface area contributed by atoms with Crippen molar-refractivity contribution in [3.63, 3.8) is 0 Å². The van der Waals surface area contributed by atoms with Gasteiger partial charge in [-0.25, -0.2) is 0 Å². The van der Waals surface area contributed by atoms with Crippen LogP contribution < -0.4 is 11.1 Å². The number of carbonyl (C=O) groups is 1. The molecule has 0 spiro atoms. The average Bonchev–Trinajstić information content (AvgIpc) is 2.73. The maximum atomic E-state index is 12.1. The van der Waals surface area contributed by atoms with Crippen LogP contribution in [0.5, 0.6) is 0 Å². The number of benzene rings is 1. The molecule has 0 saturated heterocycles. The molecule has 1 aromatic carbocycles. The molecule has 0 aliphatic rings. The zero-order valence-corrected chi connectivity index (χ0v) is 14.1. The van der Waals surface area contributed by atoms with Crippen LogP contribution in [-0.2, 0) is 10.4 Å². The number of nitrogens with zero attached hydrogens (tertiary/aromatic N) is 2. The van der Waals surface area contributed by atoms with E-state index < -0.39 is 11.6 Å². The summed E-state index contributed by atoms with van der Waals surface area (Å²) in [4.78, 5) is 20.4. The lowest BCUT2D eigenvalue weighted by Gasteiger charge is -2.37. The van der Waals surface area contributed by atoms with Crippen molar-refractivity contribution in [2.75, 3.05) is 6.54 Å². The summed E-state index contributed by atoms with van der Waals surface area (Å²) >= 11 is 0. The van der Waals surface area contributed by atoms with Gasteiger partial charge in [0.15, 0.2) is 0 Å². The number of rotatable bonds is 6. The van der Waals surface area contributed by atoms with Gasteiger partial charge in [-0.1, -0.05) is 42.5 Å². The molecule has 0 aliphatic carbocycles. The van der Waals surface area contributed by atoms with Crippen molar-refractivity contribution in [2.45, 2.75) is 11.6 Å². The van der Waals surface area contributed by atoms with Crippen molar-refractivity contribution < 1.29 is 9.90 Å². The van der Waals surface area contributed by atoms with Gasteiger partial charge in [0.2, 0.25) is 5.91 Å². The van der Waals surface area contributed by atoms with Gasteiger partial charge < -0.3 is 16.2 Å². The molecule has 0 fully saturated rings. The first kappa shape index (κ1) is 17.7. The standard InChI is InChI=1S/C20H20N4O2/c21-12-18(25)24-19(15-6-2-1-3-7-15)20(26,16-8-4-10-22-13-16)17-9-5-11-23-14-17/h1-11,13-14,19,26H,12,21H2,(H,24,25). The van der Waals surface area contributed by atoms with Gasteiger partial charge in [0.25, 0.3) is 0 Å². The maximum absolute atomic E-state index is 12.1. The van der Waals surface area contributed by atoms with Crippen molar-refractivity contribution >= 4 is 5.91 Å². The second kappa shape index (κ2) is 7.86. The van der Waals surface area contributed by atoms with Crippen molar-refractivity contribution in [1.29, 1.82) is 0 Å². The molecule has 0 saturated carbocycles. The Hall–Kier alpha value is -3.09. The smallest absolute Gasteiger partial charge is 0.234 e. The fraction of sp³-hybridized carbons (Fsp3) is 0.150. The fourth-order valence-electron chi connectivity index (χ4n) is 2.97. The van der Waals surface area contributed by atoms with E-state index in [2.05, 4.69) is 15.3 Å². The van der Waals surface area contributed by atoms with E-state index in [1.165, 1.54) is 0 Å². The molecule has 2 aromatic heterocycles. The number of nitrogens with one attached hydrogen (secondary N) is 1. The maximum Gasteiger partial charge on any atom is 0.234 e. The van der Waals surface area contributed by atoms with Gasteiger partial charge in [0.1, 0.15) is 5.60 Å². The van der Waals surface area contributed by atoms with Gasteiger partial charge >= 0.3 is 0 Å². The summed E-state index contributed by atoms with van der Waals surface area (Å²) < 4.78 is 0. The molecule has 3 aromatic rings.